The molecule has 1 atom stereocenters. The average molecular weight is 258 g/mol. The van der Waals surface area contributed by atoms with Crippen molar-refractivity contribution in [3.63, 3.8) is 0 Å². The smallest absolute Gasteiger partial charge is 0.306 e. The van der Waals surface area contributed by atoms with E-state index in [2.05, 4.69) is 0 Å². The predicted octanol–water partition coefficient (Wildman–Crippen LogP) is 2.98. The fourth-order valence-electron chi connectivity index (χ4n) is 1.37. The van der Waals surface area contributed by atoms with E-state index in [0.717, 1.165) is 12.5 Å². The van der Waals surface area contributed by atoms with Crippen LogP contribution in [0, 0.1) is 5.92 Å². The Morgan fingerprint density at radius 1 is 1.39 bits per heavy atom. The van der Waals surface area contributed by atoms with Gasteiger partial charge in [0.1, 0.15) is 5.75 Å². The summed E-state index contributed by atoms with van der Waals surface area (Å²) in [5.41, 5.74) is 0.834. The van der Waals surface area contributed by atoms with Crippen molar-refractivity contribution in [3.05, 3.63) is 29.8 Å². The molecule has 1 aromatic carbocycles. The highest BCUT2D eigenvalue weighted by atomic mass is 19.3. The first-order chi connectivity index (χ1) is 8.28. The van der Waals surface area contributed by atoms with Gasteiger partial charge in [-0.15, -0.1) is 0 Å². The molecule has 5 heteroatoms. The summed E-state index contributed by atoms with van der Waals surface area (Å²) in [5.74, 6) is -3.85. The zero-order valence-electron chi connectivity index (χ0n) is 10.3. The van der Waals surface area contributed by atoms with Gasteiger partial charge in [-0.05, 0) is 24.1 Å². The van der Waals surface area contributed by atoms with E-state index in [1.807, 2.05) is 0 Å². The molecule has 1 unspecified atom stereocenters. The van der Waals surface area contributed by atoms with Crippen molar-refractivity contribution in [2.45, 2.75) is 26.2 Å². The van der Waals surface area contributed by atoms with Crippen LogP contribution in [0.15, 0.2) is 24.3 Å². The lowest BCUT2D eigenvalue weighted by Gasteiger charge is -2.12. The molecule has 0 radical (unpaired) electrons. The molecule has 3 nitrogen and oxygen atoms in total. The summed E-state index contributed by atoms with van der Waals surface area (Å²) >= 11 is 0. The summed E-state index contributed by atoms with van der Waals surface area (Å²) < 4.78 is 30.0. The third-order valence-electron chi connectivity index (χ3n) is 2.38. The van der Waals surface area contributed by atoms with Gasteiger partial charge in [-0.25, -0.2) is 8.78 Å². The number of alkyl halides is 2. The molecule has 18 heavy (non-hydrogen) atoms. The minimum Gasteiger partial charge on any atom is -0.487 e. The van der Waals surface area contributed by atoms with E-state index in [9.17, 15) is 13.6 Å². The number of ether oxygens (including phenoxy) is 1. The highest BCUT2D eigenvalue weighted by Gasteiger charge is 2.21. The molecule has 1 N–H and O–H groups in total. The zero-order valence-corrected chi connectivity index (χ0v) is 10.3. The molecular formula is C13H16F2O3. The summed E-state index contributed by atoms with van der Waals surface area (Å²) in [5, 5.41) is 8.76. The molecular weight excluding hydrogens is 242 g/mol. The normalized spacial score (nSPS) is 13.1. The summed E-state index contributed by atoms with van der Waals surface area (Å²) in [4.78, 5) is 10.7. The number of rotatable bonds is 6. The second kappa shape index (κ2) is 5.80. The number of aliphatic carboxylic acids is 1. The zero-order chi connectivity index (χ0) is 13.8. The molecule has 0 aliphatic rings. The molecule has 0 amide bonds. The quantitative estimate of drug-likeness (QED) is 0.853. The van der Waals surface area contributed by atoms with Crippen molar-refractivity contribution in [1.82, 2.24) is 0 Å². The van der Waals surface area contributed by atoms with Gasteiger partial charge in [0.05, 0.1) is 5.92 Å². The lowest BCUT2D eigenvalue weighted by molar-refractivity contribution is -0.141. The Labute approximate surface area is 104 Å². The molecule has 100 valence electrons. The van der Waals surface area contributed by atoms with E-state index in [1.165, 1.54) is 0 Å². The molecule has 0 heterocycles. The second-order valence-corrected chi connectivity index (χ2v) is 4.45. The minimum absolute atomic E-state index is 0.350. The van der Waals surface area contributed by atoms with Crippen LogP contribution < -0.4 is 4.74 Å². The topological polar surface area (TPSA) is 46.5 Å². The van der Waals surface area contributed by atoms with Crippen LogP contribution in [0.5, 0.6) is 5.75 Å². The van der Waals surface area contributed by atoms with Gasteiger partial charge >= 0.3 is 5.97 Å². The predicted molar refractivity (Wildman–Crippen MR) is 63.1 cm³/mol. The third-order valence-corrected chi connectivity index (χ3v) is 2.38. The van der Waals surface area contributed by atoms with E-state index in [4.69, 9.17) is 9.84 Å². The van der Waals surface area contributed by atoms with Gasteiger partial charge < -0.3 is 9.84 Å². The van der Waals surface area contributed by atoms with Crippen molar-refractivity contribution in [3.8, 4) is 5.75 Å². The Hall–Kier alpha value is -1.65. The van der Waals surface area contributed by atoms with Crippen molar-refractivity contribution >= 4 is 5.97 Å². The Morgan fingerprint density at radius 3 is 2.39 bits per heavy atom. The van der Waals surface area contributed by atoms with Crippen molar-refractivity contribution in [2.75, 3.05) is 6.61 Å². The molecule has 0 bridgehead atoms. The fourth-order valence-corrected chi connectivity index (χ4v) is 1.37. The van der Waals surface area contributed by atoms with E-state index < -0.39 is 24.4 Å². The Morgan fingerprint density at radius 2 is 1.94 bits per heavy atom. The Kier molecular flexibility index (Phi) is 4.64. The van der Waals surface area contributed by atoms with Gasteiger partial charge in [0.25, 0.3) is 5.92 Å². The number of carboxylic acid groups (broad SMARTS) is 1. The first-order valence-electron chi connectivity index (χ1n) is 5.60. The van der Waals surface area contributed by atoms with E-state index >= 15 is 0 Å². The van der Waals surface area contributed by atoms with Gasteiger partial charge in [-0.2, -0.15) is 0 Å². The minimum atomic E-state index is -2.86. The molecule has 0 aliphatic heterocycles. The second-order valence-electron chi connectivity index (χ2n) is 4.45. The number of benzene rings is 1. The highest BCUT2D eigenvalue weighted by molar-refractivity contribution is 5.69. The maximum Gasteiger partial charge on any atom is 0.306 e. The van der Waals surface area contributed by atoms with E-state index in [1.54, 1.807) is 31.2 Å². The van der Waals surface area contributed by atoms with E-state index in [0.29, 0.717) is 12.2 Å². The van der Waals surface area contributed by atoms with Crippen molar-refractivity contribution in [1.29, 1.82) is 0 Å². The van der Waals surface area contributed by atoms with Crippen LogP contribution in [0.3, 0.4) is 0 Å². The first kappa shape index (κ1) is 14.4. The van der Waals surface area contributed by atoms with Crippen molar-refractivity contribution in [2.24, 2.45) is 5.92 Å². The van der Waals surface area contributed by atoms with Crippen LogP contribution in [-0.4, -0.2) is 23.6 Å². The monoisotopic (exact) mass is 258 g/mol. The third kappa shape index (κ3) is 5.12. The summed E-state index contributed by atoms with van der Waals surface area (Å²) in [7, 11) is 0. The van der Waals surface area contributed by atoms with Crippen LogP contribution >= 0.6 is 0 Å². The lowest BCUT2D eigenvalue weighted by atomic mass is 10.0. The molecule has 0 fully saturated rings. The number of carbonyl (C=O) groups is 1. The number of hydrogen-bond acceptors (Lipinski definition) is 2. The van der Waals surface area contributed by atoms with Crippen LogP contribution in [0.4, 0.5) is 8.78 Å². The van der Waals surface area contributed by atoms with Crippen LogP contribution in [0.25, 0.3) is 0 Å². The first-order valence-corrected chi connectivity index (χ1v) is 5.60. The van der Waals surface area contributed by atoms with Crippen LogP contribution in [0.2, 0.25) is 0 Å². The molecule has 0 spiro atoms. The summed E-state index contributed by atoms with van der Waals surface area (Å²) in [6, 6.07) is 6.50. The Balaban J connectivity index is 2.55. The molecule has 1 aromatic rings. The largest absolute Gasteiger partial charge is 0.487 e. The standard InChI is InChI=1S/C13H16F2O3/c1-9(12(16)17)7-10-3-5-11(6-4-10)18-8-13(2,14)15/h3-6,9H,7-8H2,1-2H3,(H,16,17). The van der Waals surface area contributed by atoms with Gasteiger partial charge in [0.15, 0.2) is 6.61 Å². The molecule has 0 saturated heterocycles. The van der Waals surface area contributed by atoms with Crippen LogP contribution in [-0.2, 0) is 11.2 Å². The molecule has 0 aromatic heterocycles. The number of halogens is 2. The van der Waals surface area contributed by atoms with Gasteiger partial charge in [-0.1, -0.05) is 19.1 Å². The average Bonchev–Trinajstić information content (AvgIpc) is 2.27. The maximum absolute atomic E-state index is 12.6. The lowest BCUT2D eigenvalue weighted by Crippen LogP contribution is -2.20. The van der Waals surface area contributed by atoms with Gasteiger partial charge in [0, 0.05) is 6.92 Å². The van der Waals surface area contributed by atoms with Crippen LogP contribution in [0.1, 0.15) is 19.4 Å². The molecule has 0 saturated carbocycles. The summed E-state index contributed by atoms with van der Waals surface area (Å²) in [6.07, 6.45) is 0.402. The summed E-state index contributed by atoms with van der Waals surface area (Å²) in [6.45, 7) is 1.73. The van der Waals surface area contributed by atoms with Gasteiger partial charge in [0.2, 0.25) is 0 Å². The van der Waals surface area contributed by atoms with Gasteiger partial charge in [-0.3, -0.25) is 4.79 Å². The van der Waals surface area contributed by atoms with Crippen molar-refractivity contribution < 1.29 is 23.4 Å². The van der Waals surface area contributed by atoms with E-state index in [-0.39, 0.29) is 0 Å². The SMILES string of the molecule is CC(Cc1ccc(OCC(C)(F)F)cc1)C(=O)O. The molecule has 0 aliphatic carbocycles. The number of carboxylic acids is 1. The Bertz CT molecular complexity index is 396. The maximum atomic E-state index is 12.6. The fraction of sp³-hybridized carbons (Fsp3) is 0.462. The highest BCUT2D eigenvalue weighted by Crippen LogP contribution is 2.18. The molecule has 1 rings (SSSR count). The number of hydrogen-bond donors (Lipinski definition) is 1.